The number of methoxy groups -OCH3 is 2. The standard InChI is InChI=1S/C15H23NO3/c1-11(17)6-8-13(16(2)3)12-7-9-14(18-4)15(10-12)19-5/h7,9-10,13H,6,8H2,1-5H3. The molecule has 1 aromatic rings. The maximum Gasteiger partial charge on any atom is 0.161 e. The molecule has 4 nitrogen and oxygen atoms in total. The van der Waals surface area contributed by atoms with Crippen molar-refractivity contribution in [3.63, 3.8) is 0 Å². The number of nitrogens with zero attached hydrogens (tertiary/aromatic N) is 1. The minimum Gasteiger partial charge on any atom is -0.493 e. The molecule has 1 rings (SSSR count). The van der Waals surface area contributed by atoms with Gasteiger partial charge in [-0.05, 0) is 45.1 Å². The van der Waals surface area contributed by atoms with E-state index in [2.05, 4.69) is 4.90 Å². The fraction of sp³-hybridized carbons (Fsp3) is 0.533. The summed E-state index contributed by atoms with van der Waals surface area (Å²) < 4.78 is 10.6. The third-order valence-electron chi connectivity index (χ3n) is 3.19. The van der Waals surface area contributed by atoms with Gasteiger partial charge in [0.25, 0.3) is 0 Å². The lowest BCUT2D eigenvalue weighted by Gasteiger charge is -2.25. The smallest absolute Gasteiger partial charge is 0.161 e. The van der Waals surface area contributed by atoms with Crippen LogP contribution in [0.25, 0.3) is 0 Å². The number of hydrogen-bond acceptors (Lipinski definition) is 4. The summed E-state index contributed by atoms with van der Waals surface area (Å²) in [6.07, 6.45) is 1.38. The summed E-state index contributed by atoms with van der Waals surface area (Å²) in [5.41, 5.74) is 1.13. The Morgan fingerprint density at radius 2 is 1.84 bits per heavy atom. The van der Waals surface area contributed by atoms with Gasteiger partial charge < -0.3 is 19.2 Å². The summed E-state index contributed by atoms with van der Waals surface area (Å²) in [6.45, 7) is 1.63. The molecule has 0 fully saturated rings. The minimum atomic E-state index is 0.198. The molecule has 0 radical (unpaired) electrons. The molecular formula is C15H23NO3. The summed E-state index contributed by atoms with van der Waals surface area (Å²) in [6, 6.07) is 6.09. The van der Waals surface area contributed by atoms with Gasteiger partial charge in [-0.15, -0.1) is 0 Å². The van der Waals surface area contributed by atoms with Crippen molar-refractivity contribution in [2.75, 3.05) is 28.3 Å². The molecule has 0 aliphatic rings. The topological polar surface area (TPSA) is 38.8 Å². The van der Waals surface area contributed by atoms with Gasteiger partial charge in [0, 0.05) is 12.5 Å². The van der Waals surface area contributed by atoms with Gasteiger partial charge >= 0.3 is 0 Å². The Hall–Kier alpha value is -1.55. The summed E-state index contributed by atoms with van der Waals surface area (Å²) in [4.78, 5) is 13.3. The highest BCUT2D eigenvalue weighted by molar-refractivity contribution is 5.75. The van der Waals surface area contributed by atoms with Gasteiger partial charge in [0.15, 0.2) is 11.5 Å². The van der Waals surface area contributed by atoms with Crippen LogP contribution in [0.15, 0.2) is 18.2 Å². The first kappa shape index (κ1) is 15.5. The fourth-order valence-electron chi connectivity index (χ4n) is 2.12. The number of benzene rings is 1. The first-order valence-corrected chi connectivity index (χ1v) is 6.37. The lowest BCUT2D eigenvalue weighted by Crippen LogP contribution is -2.20. The van der Waals surface area contributed by atoms with E-state index in [0.29, 0.717) is 6.42 Å². The van der Waals surface area contributed by atoms with Gasteiger partial charge in [-0.3, -0.25) is 0 Å². The van der Waals surface area contributed by atoms with Crippen molar-refractivity contribution < 1.29 is 14.3 Å². The molecular weight excluding hydrogens is 242 g/mol. The summed E-state index contributed by atoms with van der Waals surface area (Å²) >= 11 is 0. The second-order valence-electron chi connectivity index (χ2n) is 4.83. The number of ether oxygens (including phenoxy) is 2. The maximum atomic E-state index is 11.2. The molecule has 1 atom stereocenters. The van der Waals surface area contributed by atoms with E-state index < -0.39 is 0 Å². The van der Waals surface area contributed by atoms with E-state index in [4.69, 9.17) is 9.47 Å². The third kappa shape index (κ3) is 4.24. The SMILES string of the molecule is COc1ccc(C(CCC(C)=O)N(C)C)cc1OC. The molecule has 0 bridgehead atoms. The highest BCUT2D eigenvalue weighted by Gasteiger charge is 2.17. The molecule has 0 heterocycles. The number of Topliss-reactive ketones (excluding diaryl/α,β-unsaturated/α-hetero) is 1. The lowest BCUT2D eigenvalue weighted by molar-refractivity contribution is -0.117. The molecule has 4 heteroatoms. The molecule has 0 saturated carbocycles. The van der Waals surface area contributed by atoms with E-state index in [-0.39, 0.29) is 11.8 Å². The van der Waals surface area contributed by atoms with Gasteiger partial charge in [-0.25, -0.2) is 0 Å². The zero-order chi connectivity index (χ0) is 14.4. The van der Waals surface area contributed by atoms with Crippen molar-refractivity contribution in [1.29, 1.82) is 0 Å². The van der Waals surface area contributed by atoms with Crippen LogP contribution in [0.1, 0.15) is 31.4 Å². The Morgan fingerprint density at radius 3 is 2.32 bits per heavy atom. The Labute approximate surface area is 115 Å². The molecule has 1 unspecified atom stereocenters. The van der Waals surface area contributed by atoms with Crippen LogP contribution < -0.4 is 9.47 Å². The minimum absolute atomic E-state index is 0.198. The third-order valence-corrected chi connectivity index (χ3v) is 3.19. The first-order chi connectivity index (χ1) is 8.99. The quantitative estimate of drug-likeness (QED) is 0.760. The predicted octanol–water partition coefficient (Wildman–Crippen LogP) is 2.68. The largest absolute Gasteiger partial charge is 0.493 e. The van der Waals surface area contributed by atoms with Crippen molar-refractivity contribution >= 4 is 5.78 Å². The van der Waals surface area contributed by atoms with Gasteiger partial charge in [0.1, 0.15) is 5.78 Å². The van der Waals surface area contributed by atoms with E-state index in [0.717, 1.165) is 23.5 Å². The van der Waals surface area contributed by atoms with E-state index in [1.54, 1.807) is 21.1 Å². The van der Waals surface area contributed by atoms with Gasteiger partial charge in [-0.1, -0.05) is 6.07 Å². The van der Waals surface area contributed by atoms with Gasteiger partial charge in [0.2, 0.25) is 0 Å². The Balaban J connectivity index is 2.99. The highest BCUT2D eigenvalue weighted by Crippen LogP contribution is 2.32. The molecule has 106 valence electrons. The number of carbonyl (C=O) groups is 1. The predicted molar refractivity (Wildman–Crippen MR) is 75.9 cm³/mol. The van der Waals surface area contributed by atoms with E-state index in [1.165, 1.54) is 0 Å². The number of rotatable bonds is 7. The van der Waals surface area contributed by atoms with Crippen molar-refractivity contribution in [1.82, 2.24) is 4.90 Å². The Bertz CT molecular complexity index is 429. The first-order valence-electron chi connectivity index (χ1n) is 6.37. The van der Waals surface area contributed by atoms with Crippen molar-refractivity contribution in [3.8, 4) is 11.5 Å². The van der Waals surface area contributed by atoms with Crippen molar-refractivity contribution in [2.45, 2.75) is 25.8 Å². The molecule has 0 aliphatic heterocycles. The number of carbonyl (C=O) groups excluding carboxylic acids is 1. The second-order valence-corrected chi connectivity index (χ2v) is 4.83. The molecule has 0 aliphatic carbocycles. The van der Waals surface area contributed by atoms with Crippen LogP contribution in [0.4, 0.5) is 0 Å². The molecule has 1 aromatic carbocycles. The van der Waals surface area contributed by atoms with Crippen LogP contribution in [0, 0.1) is 0 Å². The van der Waals surface area contributed by atoms with Crippen LogP contribution in [-0.4, -0.2) is 39.0 Å². The van der Waals surface area contributed by atoms with Gasteiger partial charge in [-0.2, -0.15) is 0 Å². The average Bonchev–Trinajstić information content (AvgIpc) is 2.37. The summed E-state index contributed by atoms with van der Waals surface area (Å²) in [5.74, 6) is 1.65. The average molecular weight is 265 g/mol. The maximum absolute atomic E-state index is 11.2. The highest BCUT2D eigenvalue weighted by atomic mass is 16.5. The normalized spacial score (nSPS) is 12.3. The number of hydrogen-bond donors (Lipinski definition) is 0. The zero-order valence-electron chi connectivity index (χ0n) is 12.4. The second kappa shape index (κ2) is 7.14. The van der Waals surface area contributed by atoms with Crippen molar-refractivity contribution in [3.05, 3.63) is 23.8 Å². The lowest BCUT2D eigenvalue weighted by atomic mass is 9.99. The fourth-order valence-corrected chi connectivity index (χ4v) is 2.12. The molecule has 0 N–H and O–H groups in total. The van der Waals surface area contributed by atoms with Crippen LogP contribution in [0.2, 0.25) is 0 Å². The number of ketones is 1. The monoisotopic (exact) mass is 265 g/mol. The molecule has 0 aromatic heterocycles. The Kier molecular flexibility index (Phi) is 5.83. The summed E-state index contributed by atoms with van der Waals surface area (Å²) in [7, 11) is 7.28. The van der Waals surface area contributed by atoms with E-state index >= 15 is 0 Å². The van der Waals surface area contributed by atoms with E-state index in [1.807, 2.05) is 32.3 Å². The summed E-state index contributed by atoms with van der Waals surface area (Å²) in [5, 5.41) is 0. The van der Waals surface area contributed by atoms with Crippen LogP contribution in [0.3, 0.4) is 0 Å². The zero-order valence-corrected chi connectivity index (χ0v) is 12.4. The molecule has 0 saturated heterocycles. The van der Waals surface area contributed by atoms with Gasteiger partial charge in [0.05, 0.1) is 14.2 Å². The van der Waals surface area contributed by atoms with Crippen LogP contribution >= 0.6 is 0 Å². The molecule has 19 heavy (non-hydrogen) atoms. The van der Waals surface area contributed by atoms with Crippen LogP contribution in [0.5, 0.6) is 11.5 Å². The molecule has 0 amide bonds. The Morgan fingerprint density at radius 1 is 1.21 bits per heavy atom. The van der Waals surface area contributed by atoms with Crippen LogP contribution in [-0.2, 0) is 4.79 Å². The van der Waals surface area contributed by atoms with Crippen molar-refractivity contribution in [2.24, 2.45) is 0 Å². The van der Waals surface area contributed by atoms with E-state index in [9.17, 15) is 4.79 Å². The molecule has 0 spiro atoms.